The summed E-state index contributed by atoms with van der Waals surface area (Å²) in [5.41, 5.74) is 2.91. The molecule has 4 rings (SSSR count). The lowest BCUT2D eigenvalue weighted by atomic mass is 10.0. The molecule has 0 spiro atoms. The SMILES string of the molecule is COc1ccc(C(=O)N(C)c2ccccc2-c2ccccc2)cc1S(=O)(=O)NC1CCCC1. The van der Waals surface area contributed by atoms with Gasteiger partial charge in [-0.1, -0.05) is 61.4 Å². The first-order valence-corrected chi connectivity index (χ1v) is 12.5. The van der Waals surface area contributed by atoms with E-state index in [0.717, 1.165) is 42.5 Å². The summed E-state index contributed by atoms with van der Waals surface area (Å²) in [6.45, 7) is 0. The molecule has 0 unspecified atom stereocenters. The molecule has 6 nitrogen and oxygen atoms in total. The summed E-state index contributed by atoms with van der Waals surface area (Å²) >= 11 is 0. The Kier molecular flexibility index (Phi) is 6.81. The number of benzene rings is 3. The molecule has 33 heavy (non-hydrogen) atoms. The lowest BCUT2D eigenvalue weighted by Crippen LogP contribution is -2.33. The molecule has 1 N–H and O–H groups in total. The van der Waals surface area contributed by atoms with E-state index in [4.69, 9.17) is 4.74 Å². The monoisotopic (exact) mass is 464 g/mol. The molecule has 0 bridgehead atoms. The van der Waals surface area contributed by atoms with E-state index >= 15 is 0 Å². The first-order valence-electron chi connectivity index (χ1n) is 11.0. The first kappa shape index (κ1) is 23.0. The van der Waals surface area contributed by atoms with Gasteiger partial charge in [-0.2, -0.15) is 0 Å². The van der Waals surface area contributed by atoms with Crippen LogP contribution in [0, 0.1) is 0 Å². The number of nitrogens with zero attached hydrogens (tertiary/aromatic N) is 1. The Morgan fingerprint density at radius 2 is 1.64 bits per heavy atom. The zero-order chi connectivity index (χ0) is 23.4. The van der Waals surface area contributed by atoms with Crippen LogP contribution < -0.4 is 14.4 Å². The molecule has 0 aromatic heterocycles. The predicted octanol–water partition coefficient (Wildman–Crippen LogP) is 4.86. The number of para-hydroxylation sites is 1. The Bertz CT molecular complexity index is 1240. The van der Waals surface area contributed by atoms with E-state index in [1.54, 1.807) is 18.0 Å². The van der Waals surface area contributed by atoms with Crippen LogP contribution in [0.2, 0.25) is 0 Å². The normalized spacial score (nSPS) is 14.2. The number of sulfonamides is 1. The van der Waals surface area contributed by atoms with Gasteiger partial charge in [0.15, 0.2) is 0 Å². The van der Waals surface area contributed by atoms with Gasteiger partial charge in [0.05, 0.1) is 12.8 Å². The standard InChI is InChI=1S/C26H28N2O4S/c1-28(23-15-9-8-14-22(23)19-10-4-3-5-11-19)26(29)20-16-17-24(32-2)25(18-20)33(30,31)27-21-12-6-7-13-21/h3-5,8-11,14-18,21,27H,6-7,12-13H2,1-2H3. The molecule has 172 valence electrons. The lowest BCUT2D eigenvalue weighted by Gasteiger charge is -2.22. The van der Waals surface area contributed by atoms with Crippen molar-refractivity contribution in [3.8, 4) is 16.9 Å². The van der Waals surface area contributed by atoms with Gasteiger partial charge in [0.2, 0.25) is 10.0 Å². The summed E-state index contributed by atoms with van der Waals surface area (Å²) in [6, 6.07) is 21.9. The van der Waals surface area contributed by atoms with Crippen molar-refractivity contribution in [2.75, 3.05) is 19.1 Å². The summed E-state index contributed by atoms with van der Waals surface area (Å²) in [4.78, 5) is 14.9. The number of carbonyl (C=O) groups is 1. The van der Waals surface area contributed by atoms with Crippen LogP contribution >= 0.6 is 0 Å². The maximum atomic E-state index is 13.4. The second-order valence-corrected chi connectivity index (χ2v) is 9.90. The smallest absolute Gasteiger partial charge is 0.258 e. The zero-order valence-corrected chi connectivity index (χ0v) is 19.6. The third-order valence-electron chi connectivity index (χ3n) is 6.03. The van der Waals surface area contributed by atoms with Gasteiger partial charge in [-0.05, 0) is 42.7 Å². The van der Waals surface area contributed by atoms with E-state index < -0.39 is 10.0 Å². The maximum absolute atomic E-state index is 13.4. The Balaban J connectivity index is 1.68. The third-order valence-corrected chi connectivity index (χ3v) is 7.57. The predicted molar refractivity (Wildman–Crippen MR) is 130 cm³/mol. The fraction of sp³-hybridized carbons (Fsp3) is 0.269. The van der Waals surface area contributed by atoms with Gasteiger partial charge in [-0.3, -0.25) is 4.79 Å². The van der Waals surface area contributed by atoms with Gasteiger partial charge in [-0.25, -0.2) is 13.1 Å². The lowest BCUT2D eigenvalue weighted by molar-refractivity contribution is 0.0993. The minimum absolute atomic E-state index is 0.0208. The number of amides is 1. The highest BCUT2D eigenvalue weighted by atomic mass is 32.2. The second-order valence-electron chi connectivity index (χ2n) is 8.22. The highest BCUT2D eigenvalue weighted by Gasteiger charge is 2.27. The molecular formula is C26H28N2O4S. The number of nitrogens with one attached hydrogen (secondary N) is 1. The first-order chi connectivity index (χ1) is 15.9. The molecule has 1 saturated carbocycles. The number of hydrogen-bond donors (Lipinski definition) is 1. The largest absolute Gasteiger partial charge is 0.495 e. The highest BCUT2D eigenvalue weighted by Crippen LogP contribution is 2.32. The number of rotatable bonds is 7. The van der Waals surface area contributed by atoms with Crippen LogP contribution in [0.1, 0.15) is 36.0 Å². The average Bonchev–Trinajstić information content (AvgIpc) is 3.35. The second kappa shape index (κ2) is 9.77. The number of methoxy groups -OCH3 is 1. The van der Waals surface area contributed by atoms with E-state index in [0.29, 0.717) is 0 Å². The molecule has 1 aliphatic carbocycles. The molecule has 0 saturated heterocycles. The molecular weight excluding hydrogens is 436 g/mol. The summed E-state index contributed by atoms with van der Waals surface area (Å²) in [7, 11) is -0.712. The van der Waals surface area contributed by atoms with E-state index in [1.165, 1.54) is 19.2 Å². The van der Waals surface area contributed by atoms with Gasteiger partial charge < -0.3 is 9.64 Å². The fourth-order valence-electron chi connectivity index (χ4n) is 4.28. The van der Waals surface area contributed by atoms with Crippen molar-refractivity contribution < 1.29 is 17.9 Å². The van der Waals surface area contributed by atoms with E-state index in [1.807, 2.05) is 54.6 Å². The summed E-state index contributed by atoms with van der Waals surface area (Å²) in [5, 5.41) is 0. The number of carbonyl (C=O) groups excluding carboxylic acids is 1. The van der Waals surface area contributed by atoms with Crippen molar-refractivity contribution in [2.24, 2.45) is 0 Å². The number of ether oxygens (including phenoxy) is 1. The van der Waals surface area contributed by atoms with Crippen LogP contribution in [0.15, 0.2) is 77.7 Å². The average molecular weight is 465 g/mol. The number of anilines is 1. The van der Waals surface area contributed by atoms with Crippen molar-refractivity contribution in [1.29, 1.82) is 0 Å². The van der Waals surface area contributed by atoms with E-state index in [2.05, 4.69) is 4.72 Å². The summed E-state index contributed by atoms with van der Waals surface area (Å²) in [5.74, 6) is -0.0947. The van der Waals surface area contributed by atoms with Crippen molar-refractivity contribution in [3.05, 3.63) is 78.4 Å². The minimum Gasteiger partial charge on any atom is -0.495 e. The van der Waals surface area contributed by atoms with Crippen LogP contribution in [0.4, 0.5) is 5.69 Å². The highest BCUT2D eigenvalue weighted by molar-refractivity contribution is 7.89. The molecule has 3 aromatic carbocycles. The van der Waals surface area contributed by atoms with Crippen molar-refractivity contribution in [1.82, 2.24) is 4.72 Å². The summed E-state index contributed by atoms with van der Waals surface area (Å²) < 4.78 is 34.3. The van der Waals surface area contributed by atoms with Crippen LogP contribution in [0.3, 0.4) is 0 Å². The Morgan fingerprint density at radius 1 is 0.970 bits per heavy atom. The minimum atomic E-state index is -3.83. The van der Waals surface area contributed by atoms with Gasteiger partial charge in [0.1, 0.15) is 10.6 Å². The quantitative estimate of drug-likeness (QED) is 0.542. The molecule has 7 heteroatoms. The van der Waals surface area contributed by atoms with Crippen molar-refractivity contribution >= 4 is 21.6 Å². The van der Waals surface area contributed by atoms with Gasteiger partial charge >= 0.3 is 0 Å². The molecule has 3 aromatic rings. The van der Waals surface area contributed by atoms with Crippen molar-refractivity contribution in [2.45, 2.75) is 36.6 Å². The van der Waals surface area contributed by atoms with Crippen LogP contribution in [0.25, 0.3) is 11.1 Å². The van der Waals surface area contributed by atoms with Crippen molar-refractivity contribution in [3.63, 3.8) is 0 Å². The Hall–Kier alpha value is -3.16. The van der Waals surface area contributed by atoms with Crippen LogP contribution in [0.5, 0.6) is 5.75 Å². The Morgan fingerprint density at radius 3 is 2.33 bits per heavy atom. The number of hydrogen-bond acceptors (Lipinski definition) is 4. The molecule has 0 radical (unpaired) electrons. The molecule has 0 atom stereocenters. The molecule has 1 aliphatic rings. The maximum Gasteiger partial charge on any atom is 0.258 e. The topological polar surface area (TPSA) is 75.7 Å². The van der Waals surface area contributed by atoms with E-state index in [-0.39, 0.29) is 28.2 Å². The Labute approximate surface area is 195 Å². The van der Waals surface area contributed by atoms with Gasteiger partial charge in [-0.15, -0.1) is 0 Å². The third kappa shape index (κ3) is 4.94. The zero-order valence-electron chi connectivity index (χ0n) is 18.8. The summed E-state index contributed by atoms with van der Waals surface area (Å²) in [6.07, 6.45) is 3.65. The van der Waals surface area contributed by atoms with Gasteiger partial charge in [0, 0.05) is 24.2 Å². The van der Waals surface area contributed by atoms with E-state index in [9.17, 15) is 13.2 Å². The molecule has 1 amide bonds. The van der Waals surface area contributed by atoms with Gasteiger partial charge in [0.25, 0.3) is 5.91 Å². The molecule has 0 aliphatic heterocycles. The molecule has 0 heterocycles. The van der Waals surface area contributed by atoms with Crippen LogP contribution in [-0.4, -0.2) is 34.5 Å². The van der Waals surface area contributed by atoms with Crippen LogP contribution in [-0.2, 0) is 10.0 Å². The fourth-order valence-corrected chi connectivity index (χ4v) is 5.78. The molecule has 1 fully saturated rings.